The van der Waals surface area contributed by atoms with Gasteiger partial charge in [0.25, 0.3) is 0 Å². The molecular formula is C10H10O2. The first-order valence-corrected chi connectivity index (χ1v) is 3.64. The Labute approximate surface area is 71.2 Å². The summed E-state index contributed by atoms with van der Waals surface area (Å²) in [6.07, 6.45) is 1.45. The third-order valence-corrected chi connectivity index (χ3v) is 1.62. The number of aliphatic hydroxyl groups excluding tert-OH is 1. The van der Waals surface area contributed by atoms with Crippen LogP contribution in [0.2, 0.25) is 0 Å². The van der Waals surface area contributed by atoms with E-state index in [1.807, 2.05) is 25.1 Å². The minimum atomic E-state index is 0.304. The van der Waals surface area contributed by atoms with Gasteiger partial charge < -0.3 is 5.11 Å². The van der Waals surface area contributed by atoms with Crippen LogP contribution in [0, 0.1) is 6.92 Å². The Hall–Kier alpha value is -1.57. The van der Waals surface area contributed by atoms with Crippen molar-refractivity contribution in [3.63, 3.8) is 0 Å². The smallest absolute Gasteiger partial charge is 0.153 e. The lowest BCUT2D eigenvalue weighted by Crippen LogP contribution is -1.86. The van der Waals surface area contributed by atoms with Gasteiger partial charge in [-0.1, -0.05) is 29.8 Å². The molecule has 0 aliphatic carbocycles. The fourth-order valence-electron chi connectivity index (χ4n) is 0.998. The van der Waals surface area contributed by atoms with Crippen molar-refractivity contribution in [2.24, 2.45) is 0 Å². The number of allylic oxidation sites excluding steroid dienone is 1. The molecule has 12 heavy (non-hydrogen) atoms. The Morgan fingerprint density at radius 2 is 2.25 bits per heavy atom. The molecule has 0 unspecified atom stereocenters. The molecule has 1 rings (SSSR count). The second kappa shape index (κ2) is 3.72. The molecule has 1 aromatic rings. The van der Waals surface area contributed by atoms with E-state index in [0.717, 1.165) is 17.4 Å². The van der Waals surface area contributed by atoms with Gasteiger partial charge in [0.2, 0.25) is 0 Å². The van der Waals surface area contributed by atoms with Gasteiger partial charge in [-0.15, -0.1) is 0 Å². The Kier molecular flexibility index (Phi) is 2.64. The quantitative estimate of drug-likeness (QED) is 0.410. The summed E-state index contributed by atoms with van der Waals surface area (Å²) < 4.78 is 0. The molecule has 62 valence electrons. The highest BCUT2D eigenvalue weighted by Gasteiger charge is 1.98. The van der Waals surface area contributed by atoms with E-state index in [2.05, 4.69) is 0 Å². The van der Waals surface area contributed by atoms with Crippen LogP contribution in [0.3, 0.4) is 0 Å². The van der Waals surface area contributed by atoms with Crippen LogP contribution in [-0.4, -0.2) is 11.4 Å². The number of aldehydes is 1. The highest BCUT2D eigenvalue weighted by atomic mass is 16.2. The minimum Gasteiger partial charge on any atom is -0.515 e. The van der Waals surface area contributed by atoms with Gasteiger partial charge in [-0.2, -0.15) is 0 Å². The molecule has 0 saturated heterocycles. The van der Waals surface area contributed by atoms with Crippen LogP contribution >= 0.6 is 0 Å². The van der Waals surface area contributed by atoms with Crippen molar-refractivity contribution in [1.29, 1.82) is 0 Å². The second-order valence-electron chi connectivity index (χ2n) is 2.57. The van der Waals surface area contributed by atoms with Crippen molar-refractivity contribution in [2.45, 2.75) is 6.92 Å². The predicted molar refractivity (Wildman–Crippen MR) is 47.8 cm³/mol. The maximum atomic E-state index is 10.4. The number of carbonyl (C=O) groups is 1. The molecule has 0 aromatic heterocycles. The van der Waals surface area contributed by atoms with E-state index < -0.39 is 0 Å². The maximum Gasteiger partial charge on any atom is 0.153 e. The molecular weight excluding hydrogens is 152 g/mol. The Morgan fingerprint density at radius 3 is 2.75 bits per heavy atom. The van der Waals surface area contributed by atoms with E-state index in [4.69, 9.17) is 5.11 Å². The SMILES string of the molecule is Cc1cccc(C(C=O)=CO)c1. The van der Waals surface area contributed by atoms with Crippen molar-refractivity contribution < 1.29 is 9.90 Å². The summed E-state index contributed by atoms with van der Waals surface area (Å²) in [4.78, 5) is 10.4. The molecule has 0 fully saturated rings. The fraction of sp³-hybridized carbons (Fsp3) is 0.100. The van der Waals surface area contributed by atoms with Crippen LogP contribution < -0.4 is 0 Å². The number of benzene rings is 1. The molecule has 0 heterocycles. The average molecular weight is 162 g/mol. The fourth-order valence-corrected chi connectivity index (χ4v) is 0.998. The first-order valence-electron chi connectivity index (χ1n) is 3.64. The van der Waals surface area contributed by atoms with E-state index in [9.17, 15) is 4.79 Å². The Balaban J connectivity index is 3.10. The minimum absolute atomic E-state index is 0.304. The molecule has 0 bridgehead atoms. The van der Waals surface area contributed by atoms with Crippen molar-refractivity contribution >= 4 is 11.9 Å². The molecule has 0 saturated carbocycles. The zero-order valence-electron chi connectivity index (χ0n) is 6.82. The number of aliphatic hydroxyl groups is 1. The molecule has 2 nitrogen and oxygen atoms in total. The molecule has 0 radical (unpaired) electrons. The van der Waals surface area contributed by atoms with E-state index in [1.165, 1.54) is 0 Å². The molecule has 1 aromatic carbocycles. The average Bonchev–Trinajstić information content (AvgIpc) is 2.07. The van der Waals surface area contributed by atoms with Crippen LogP contribution in [-0.2, 0) is 4.79 Å². The number of rotatable bonds is 2. The molecule has 2 heteroatoms. The van der Waals surface area contributed by atoms with Crippen molar-refractivity contribution in [3.8, 4) is 0 Å². The lowest BCUT2D eigenvalue weighted by molar-refractivity contribution is -0.103. The van der Waals surface area contributed by atoms with Crippen LogP contribution in [0.15, 0.2) is 30.5 Å². The topological polar surface area (TPSA) is 37.3 Å². The van der Waals surface area contributed by atoms with Gasteiger partial charge in [-0.25, -0.2) is 0 Å². The molecule has 0 aliphatic rings. The summed E-state index contributed by atoms with van der Waals surface area (Å²) >= 11 is 0. The third-order valence-electron chi connectivity index (χ3n) is 1.62. The van der Waals surface area contributed by atoms with E-state index in [0.29, 0.717) is 11.9 Å². The van der Waals surface area contributed by atoms with Crippen molar-refractivity contribution in [3.05, 3.63) is 41.7 Å². The van der Waals surface area contributed by atoms with Gasteiger partial charge in [0, 0.05) is 0 Å². The Bertz CT molecular complexity index is 313. The molecule has 0 spiro atoms. The zero-order chi connectivity index (χ0) is 8.97. The zero-order valence-corrected chi connectivity index (χ0v) is 6.82. The molecule has 0 atom stereocenters. The van der Waals surface area contributed by atoms with Gasteiger partial charge in [0.05, 0.1) is 11.8 Å². The second-order valence-corrected chi connectivity index (χ2v) is 2.57. The summed E-state index contributed by atoms with van der Waals surface area (Å²) in [6.45, 7) is 1.93. The highest BCUT2D eigenvalue weighted by molar-refractivity contribution is 6.06. The van der Waals surface area contributed by atoms with Gasteiger partial charge in [-0.3, -0.25) is 4.79 Å². The predicted octanol–water partition coefficient (Wildman–Crippen LogP) is 2.09. The molecule has 1 N–H and O–H groups in total. The highest BCUT2D eigenvalue weighted by Crippen LogP contribution is 2.12. The summed E-state index contributed by atoms with van der Waals surface area (Å²) in [5.41, 5.74) is 2.11. The van der Waals surface area contributed by atoms with E-state index in [-0.39, 0.29) is 0 Å². The first kappa shape index (κ1) is 8.53. The maximum absolute atomic E-state index is 10.4. The largest absolute Gasteiger partial charge is 0.515 e. The lowest BCUT2D eigenvalue weighted by Gasteiger charge is -1.98. The number of hydrogen-bond donors (Lipinski definition) is 1. The van der Waals surface area contributed by atoms with Crippen LogP contribution in [0.1, 0.15) is 11.1 Å². The summed E-state index contributed by atoms with van der Waals surface area (Å²) in [6, 6.07) is 7.40. The van der Waals surface area contributed by atoms with E-state index >= 15 is 0 Å². The number of hydrogen-bond acceptors (Lipinski definition) is 2. The number of carbonyl (C=O) groups excluding carboxylic acids is 1. The summed E-state index contributed by atoms with van der Waals surface area (Å²) in [7, 11) is 0. The third kappa shape index (κ3) is 1.72. The summed E-state index contributed by atoms with van der Waals surface area (Å²) in [5.74, 6) is 0. The van der Waals surface area contributed by atoms with Crippen LogP contribution in [0.4, 0.5) is 0 Å². The normalized spacial score (nSPS) is 11.2. The number of aryl methyl sites for hydroxylation is 1. The molecule has 0 aliphatic heterocycles. The van der Waals surface area contributed by atoms with E-state index in [1.54, 1.807) is 6.07 Å². The standard InChI is InChI=1S/C10H10O2/c1-8-3-2-4-9(5-8)10(6-11)7-12/h2-7,11H,1H3. The lowest BCUT2D eigenvalue weighted by atomic mass is 10.1. The summed E-state index contributed by atoms with van der Waals surface area (Å²) in [5, 5.41) is 8.68. The molecule has 0 amide bonds. The van der Waals surface area contributed by atoms with Crippen LogP contribution in [0.25, 0.3) is 5.57 Å². The van der Waals surface area contributed by atoms with Crippen LogP contribution in [0.5, 0.6) is 0 Å². The Morgan fingerprint density at radius 1 is 1.50 bits per heavy atom. The van der Waals surface area contributed by atoms with Gasteiger partial charge >= 0.3 is 0 Å². The van der Waals surface area contributed by atoms with Gasteiger partial charge in [0.1, 0.15) is 0 Å². The van der Waals surface area contributed by atoms with Gasteiger partial charge in [0.15, 0.2) is 6.29 Å². The van der Waals surface area contributed by atoms with Crippen molar-refractivity contribution in [2.75, 3.05) is 0 Å². The van der Waals surface area contributed by atoms with Gasteiger partial charge in [-0.05, 0) is 12.5 Å². The first-order chi connectivity index (χ1) is 5.77. The van der Waals surface area contributed by atoms with Crippen molar-refractivity contribution in [1.82, 2.24) is 0 Å². The monoisotopic (exact) mass is 162 g/mol.